The topological polar surface area (TPSA) is 95.9 Å². The first-order valence-electron chi connectivity index (χ1n) is 9.82. The average Bonchev–Trinajstić information content (AvgIpc) is 2.77. The third-order valence-corrected chi connectivity index (χ3v) is 5.64. The number of Topliss-reactive ketones (excluding diaryl/α,β-unsaturated/α-hetero) is 1. The number of ether oxygens (including phenoxy) is 1. The molecule has 2 aliphatic rings. The number of rotatable bonds is 3. The number of hydrogen-bond acceptors (Lipinski definition) is 5. The number of piperidine rings is 1. The molecule has 0 aliphatic carbocycles. The number of benzene rings is 2. The van der Waals surface area contributed by atoms with Crippen LogP contribution in [0.3, 0.4) is 0 Å². The number of nitrogens with one attached hydrogen (secondary N) is 1. The first kappa shape index (κ1) is 19.8. The third kappa shape index (κ3) is 3.97. The summed E-state index contributed by atoms with van der Waals surface area (Å²) in [5.74, 6) is -0.150. The number of fused-ring (bicyclic) bond motifs is 1. The summed E-state index contributed by atoms with van der Waals surface area (Å²) >= 11 is 0. The molecule has 1 saturated heterocycles. The van der Waals surface area contributed by atoms with Crippen molar-refractivity contribution in [2.75, 3.05) is 13.1 Å². The van der Waals surface area contributed by atoms with Gasteiger partial charge in [0.25, 0.3) is 11.8 Å². The highest BCUT2D eigenvalue weighted by molar-refractivity contribution is 6.01. The smallest absolute Gasteiger partial charge is 0.267 e. The van der Waals surface area contributed by atoms with Crippen LogP contribution in [0.1, 0.15) is 45.5 Å². The van der Waals surface area contributed by atoms with Crippen molar-refractivity contribution < 1.29 is 24.3 Å². The standard InChI is InChI=1S/C23H22N2O5/c26-19-15-23(10-12-25(13-11-23)22(28)17-4-2-1-3-5-17)30-20-14-16(6-8-18(19)20)7-9-21(27)24-29/h1-9,14,29H,10-13,15H2,(H,24,27). The molecular formula is C23H22N2O5. The zero-order chi connectivity index (χ0) is 21.1. The van der Waals surface area contributed by atoms with E-state index in [9.17, 15) is 14.4 Å². The highest BCUT2D eigenvalue weighted by Gasteiger charge is 2.43. The molecule has 4 rings (SSSR count). The Balaban J connectivity index is 1.49. The van der Waals surface area contributed by atoms with Gasteiger partial charge >= 0.3 is 0 Å². The molecule has 0 aromatic heterocycles. The molecule has 0 radical (unpaired) electrons. The summed E-state index contributed by atoms with van der Waals surface area (Å²) in [6.45, 7) is 1.04. The lowest BCUT2D eigenvalue weighted by molar-refractivity contribution is -0.124. The Morgan fingerprint density at radius 3 is 2.53 bits per heavy atom. The molecule has 2 amide bonds. The first-order valence-corrected chi connectivity index (χ1v) is 9.82. The van der Waals surface area contributed by atoms with Crippen molar-refractivity contribution in [3.05, 3.63) is 71.3 Å². The van der Waals surface area contributed by atoms with E-state index in [-0.39, 0.29) is 18.1 Å². The molecule has 0 saturated carbocycles. The van der Waals surface area contributed by atoms with Crippen molar-refractivity contribution in [3.63, 3.8) is 0 Å². The van der Waals surface area contributed by atoms with Crippen LogP contribution in [0.15, 0.2) is 54.6 Å². The van der Waals surface area contributed by atoms with E-state index in [1.165, 1.54) is 17.6 Å². The maximum absolute atomic E-state index is 12.7. The van der Waals surface area contributed by atoms with Crippen molar-refractivity contribution in [1.29, 1.82) is 0 Å². The minimum absolute atomic E-state index is 0.0115. The molecule has 1 fully saturated rings. The zero-order valence-corrected chi connectivity index (χ0v) is 16.3. The predicted molar refractivity (Wildman–Crippen MR) is 109 cm³/mol. The van der Waals surface area contributed by atoms with Gasteiger partial charge in [-0.25, -0.2) is 5.48 Å². The van der Waals surface area contributed by atoms with Gasteiger partial charge in [-0.2, -0.15) is 0 Å². The van der Waals surface area contributed by atoms with E-state index < -0.39 is 11.5 Å². The fourth-order valence-electron chi connectivity index (χ4n) is 3.98. The average molecular weight is 406 g/mol. The van der Waals surface area contributed by atoms with E-state index in [2.05, 4.69) is 0 Å². The van der Waals surface area contributed by atoms with Crippen LogP contribution >= 0.6 is 0 Å². The van der Waals surface area contributed by atoms with Crippen LogP contribution in [0, 0.1) is 0 Å². The van der Waals surface area contributed by atoms with Gasteiger partial charge < -0.3 is 9.64 Å². The zero-order valence-electron chi connectivity index (χ0n) is 16.3. The minimum Gasteiger partial charge on any atom is -0.486 e. The van der Waals surface area contributed by atoms with E-state index >= 15 is 0 Å². The molecule has 0 unspecified atom stereocenters. The number of nitrogens with zero attached hydrogens (tertiary/aromatic N) is 1. The van der Waals surface area contributed by atoms with Crippen molar-refractivity contribution in [2.24, 2.45) is 0 Å². The second kappa shape index (κ2) is 8.12. The molecule has 2 N–H and O–H groups in total. The lowest BCUT2D eigenvalue weighted by Crippen LogP contribution is -2.52. The van der Waals surface area contributed by atoms with Crippen LogP contribution < -0.4 is 10.2 Å². The van der Waals surface area contributed by atoms with Crippen LogP contribution in [0.5, 0.6) is 5.75 Å². The number of hydroxylamine groups is 1. The maximum atomic E-state index is 12.7. The molecule has 7 heteroatoms. The molecule has 2 aromatic rings. The molecular weight excluding hydrogens is 384 g/mol. The van der Waals surface area contributed by atoms with Crippen molar-refractivity contribution in [2.45, 2.75) is 24.9 Å². The van der Waals surface area contributed by atoms with Gasteiger partial charge in [-0.15, -0.1) is 0 Å². The van der Waals surface area contributed by atoms with Gasteiger partial charge in [0.15, 0.2) is 5.78 Å². The molecule has 1 spiro atoms. The van der Waals surface area contributed by atoms with Gasteiger partial charge in [-0.1, -0.05) is 24.3 Å². The minimum atomic E-state index is -0.642. The SMILES string of the molecule is O=C(C=Cc1ccc2c(c1)OC1(CCN(C(=O)c3ccccc3)CC1)CC2=O)NO. The van der Waals surface area contributed by atoms with Crippen LogP contribution in [-0.2, 0) is 4.79 Å². The fourth-order valence-corrected chi connectivity index (χ4v) is 3.98. The number of hydrogen-bond donors (Lipinski definition) is 2. The van der Waals surface area contributed by atoms with E-state index in [0.29, 0.717) is 48.4 Å². The Morgan fingerprint density at radius 2 is 1.83 bits per heavy atom. The highest BCUT2D eigenvalue weighted by atomic mass is 16.5. The summed E-state index contributed by atoms with van der Waals surface area (Å²) in [5.41, 5.74) is 2.77. The summed E-state index contributed by atoms with van der Waals surface area (Å²) < 4.78 is 6.30. The van der Waals surface area contributed by atoms with Gasteiger partial charge in [0.1, 0.15) is 11.4 Å². The number of likely N-dealkylation sites (tertiary alicyclic amines) is 1. The summed E-state index contributed by atoms with van der Waals surface area (Å²) in [7, 11) is 0. The second-order valence-corrected chi connectivity index (χ2v) is 7.61. The van der Waals surface area contributed by atoms with Crippen molar-refractivity contribution in [3.8, 4) is 5.75 Å². The first-order chi connectivity index (χ1) is 14.5. The molecule has 0 atom stereocenters. The normalized spacial score (nSPS) is 17.5. The monoisotopic (exact) mass is 406 g/mol. The Morgan fingerprint density at radius 1 is 1.10 bits per heavy atom. The van der Waals surface area contributed by atoms with Gasteiger partial charge in [0.2, 0.25) is 0 Å². The van der Waals surface area contributed by atoms with E-state index in [1.54, 1.807) is 35.2 Å². The fraction of sp³-hybridized carbons (Fsp3) is 0.261. The summed E-state index contributed by atoms with van der Waals surface area (Å²) in [6, 6.07) is 14.3. The van der Waals surface area contributed by atoms with Gasteiger partial charge in [-0.3, -0.25) is 19.6 Å². The Kier molecular flexibility index (Phi) is 5.37. The molecule has 2 aromatic carbocycles. The van der Waals surface area contributed by atoms with Gasteiger partial charge in [0.05, 0.1) is 12.0 Å². The molecule has 0 bridgehead atoms. The summed E-state index contributed by atoms with van der Waals surface area (Å²) in [5, 5.41) is 8.59. The van der Waals surface area contributed by atoms with Crippen molar-refractivity contribution in [1.82, 2.24) is 10.4 Å². The van der Waals surface area contributed by atoms with E-state index in [1.807, 2.05) is 18.2 Å². The van der Waals surface area contributed by atoms with Crippen LogP contribution in [0.25, 0.3) is 6.08 Å². The second-order valence-electron chi connectivity index (χ2n) is 7.61. The lowest BCUT2D eigenvalue weighted by atomic mass is 9.82. The highest BCUT2D eigenvalue weighted by Crippen LogP contribution is 2.40. The van der Waals surface area contributed by atoms with Crippen LogP contribution in [-0.4, -0.2) is 46.4 Å². The summed E-state index contributed by atoms with van der Waals surface area (Å²) in [4.78, 5) is 38.4. The third-order valence-electron chi connectivity index (χ3n) is 5.64. The predicted octanol–water partition coefficient (Wildman–Crippen LogP) is 2.85. The number of carbonyl (C=O) groups is 3. The molecule has 154 valence electrons. The van der Waals surface area contributed by atoms with Crippen LogP contribution in [0.2, 0.25) is 0 Å². The lowest BCUT2D eigenvalue weighted by Gasteiger charge is -2.44. The summed E-state index contributed by atoms with van der Waals surface area (Å²) in [6.07, 6.45) is 4.15. The van der Waals surface area contributed by atoms with Gasteiger partial charge in [0, 0.05) is 37.6 Å². The Hall–Kier alpha value is -3.45. The Labute approximate surface area is 173 Å². The largest absolute Gasteiger partial charge is 0.486 e. The molecule has 7 nitrogen and oxygen atoms in total. The van der Waals surface area contributed by atoms with E-state index in [0.717, 1.165) is 0 Å². The quantitative estimate of drug-likeness (QED) is 0.464. The Bertz CT molecular complexity index is 1010. The van der Waals surface area contributed by atoms with Crippen LogP contribution in [0.4, 0.5) is 0 Å². The number of ketones is 1. The molecule has 2 aliphatic heterocycles. The number of amides is 2. The molecule has 2 heterocycles. The molecule has 30 heavy (non-hydrogen) atoms. The van der Waals surface area contributed by atoms with Crippen molar-refractivity contribution >= 4 is 23.7 Å². The maximum Gasteiger partial charge on any atom is 0.267 e. The van der Waals surface area contributed by atoms with E-state index in [4.69, 9.17) is 9.94 Å². The van der Waals surface area contributed by atoms with Gasteiger partial charge in [-0.05, 0) is 35.9 Å². The number of carbonyl (C=O) groups excluding carboxylic acids is 3.